The summed E-state index contributed by atoms with van der Waals surface area (Å²) >= 11 is 0. The van der Waals surface area contributed by atoms with Gasteiger partial charge in [0.05, 0.1) is 5.54 Å². The second-order valence-corrected chi connectivity index (χ2v) is 3.05. The molecule has 1 aliphatic rings. The molecule has 0 aromatic rings. The molecule has 1 atom stereocenters. The Kier molecular flexibility index (Phi) is 2.35. The van der Waals surface area contributed by atoms with Crippen molar-refractivity contribution in [1.29, 1.82) is 0 Å². The van der Waals surface area contributed by atoms with Gasteiger partial charge in [0.1, 0.15) is 5.76 Å². The molecule has 0 aromatic heterocycles. The second-order valence-electron chi connectivity index (χ2n) is 3.05. The van der Waals surface area contributed by atoms with Crippen LogP contribution in [0.15, 0.2) is 24.0 Å². The zero-order valence-electron chi connectivity index (χ0n) is 7.09. The largest absolute Gasteiger partial charge is 0.510 e. The summed E-state index contributed by atoms with van der Waals surface area (Å²) < 4.78 is 0. The van der Waals surface area contributed by atoms with Gasteiger partial charge in [0, 0.05) is 0 Å². The van der Waals surface area contributed by atoms with Crippen molar-refractivity contribution in [2.75, 3.05) is 6.54 Å². The molecule has 2 N–H and O–H groups in total. The molecule has 0 aliphatic heterocycles. The molecular weight excluding hydrogens is 138 g/mol. The van der Waals surface area contributed by atoms with E-state index >= 15 is 0 Å². The molecule has 0 heterocycles. The Hall–Kier alpha value is -0.760. The predicted octanol–water partition coefficient (Wildman–Crippen LogP) is 1.76. The molecule has 0 fully saturated rings. The highest BCUT2D eigenvalue weighted by Gasteiger charge is 2.27. The Labute approximate surface area is 67.6 Å². The van der Waals surface area contributed by atoms with E-state index in [-0.39, 0.29) is 5.54 Å². The summed E-state index contributed by atoms with van der Waals surface area (Å²) in [6, 6.07) is 0. The molecule has 1 aliphatic carbocycles. The maximum atomic E-state index is 9.51. The second kappa shape index (κ2) is 3.09. The van der Waals surface area contributed by atoms with Gasteiger partial charge in [0.2, 0.25) is 0 Å². The molecule has 0 radical (unpaired) electrons. The Morgan fingerprint density at radius 1 is 1.73 bits per heavy atom. The van der Waals surface area contributed by atoms with Crippen LogP contribution in [-0.4, -0.2) is 17.2 Å². The van der Waals surface area contributed by atoms with Gasteiger partial charge in [-0.25, -0.2) is 0 Å². The smallest absolute Gasteiger partial charge is 0.112 e. The molecule has 2 nitrogen and oxygen atoms in total. The molecule has 1 unspecified atom stereocenters. The van der Waals surface area contributed by atoms with Crippen molar-refractivity contribution in [3.63, 3.8) is 0 Å². The quantitative estimate of drug-likeness (QED) is 0.633. The topological polar surface area (TPSA) is 32.3 Å². The third kappa shape index (κ3) is 1.63. The molecular formula is C9H15NO. The van der Waals surface area contributed by atoms with Gasteiger partial charge in [-0.05, 0) is 26.0 Å². The number of hydrogen-bond acceptors (Lipinski definition) is 2. The molecule has 0 bridgehead atoms. The Balaban J connectivity index is 2.71. The van der Waals surface area contributed by atoms with Gasteiger partial charge >= 0.3 is 0 Å². The van der Waals surface area contributed by atoms with Gasteiger partial charge in [-0.15, -0.1) is 0 Å². The Bertz CT molecular complexity index is 196. The minimum absolute atomic E-state index is 0.233. The third-order valence-corrected chi connectivity index (χ3v) is 2.05. The van der Waals surface area contributed by atoms with Gasteiger partial charge in [-0.3, -0.25) is 0 Å². The molecule has 1 rings (SSSR count). The molecule has 0 amide bonds. The SMILES string of the molecule is CCNC1(C)CC=CC=C1O. The third-order valence-electron chi connectivity index (χ3n) is 2.05. The highest BCUT2D eigenvalue weighted by atomic mass is 16.3. The molecule has 0 spiro atoms. The maximum Gasteiger partial charge on any atom is 0.112 e. The van der Waals surface area contributed by atoms with Crippen molar-refractivity contribution in [3.05, 3.63) is 24.0 Å². The minimum atomic E-state index is -0.233. The summed E-state index contributed by atoms with van der Waals surface area (Å²) in [7, 11) is 0. The van der Waals surface area contributed by atoms with Gasteiger partial charge in [0.25, 0.3) is 0 Å². The molecule has 0 aromatic carbocycles. The molecule has 2 heteroatoms. The standard InChI is InChI=1S/C9H15NO/c1-3-10-9(2)7-5-4-6-8(9)11/h4-6,10-11H,3,7H2,1-2H3. The summed E-state index contributed by atoms with van der Waals surface area (Å²) in [4.78, 5) is 0. The highest BCUT2D eigenvalue weighted by Crippen LogP contribution is 2.22. The van der Waals surface area contributed by atoms with Crippen LogP contribution in [-0.2, 0) is 0 Å². The van der Waals surface area contributed by atoms with Gasteiger partial charge < -0.3 is 10.4 Å². The van der Waals surface area contributed by atoms with E-state index in [9.17, 15) is 5.11 Å². The summed E-state index contributed by atoms with van der Waals surface area (Å²) in [5.74, 6) is 0.432. The van der Waals surface area contributed by atoms with Crippen molar-refractivity contribution in [3.8, 4) is 0 Å². The van der Waals surface area contributed by atoms with Crippen molar-refractivity contribution >= 4 is 0 Å². The minimum Gasteiger partial charge on any atom is -0.510 e. The van der Waals surface area contributed by atoms with Gasteiger partial charge in [0.15, 0.2) is 0 Å². The normalized spacial score (nSPS) is 30.2. The fourth-order valence-corrected chi connectivity index (χ4v) is 1.30. The lowest BCUT2D eigenvalue weighted by atomic mass is 9.91. The van der Waals surface area contributed by atoms with Crippen molar-refractivity contribution in [1.82, 2.24) is 5.32 Å². The highest BCUT2D eigenvalue weighted by molar-refractivity contribution is 5.24. The first-order valence-electron chi connectivity index (χ1n) is 4.00. The van der Waals surface area contributed by atoms with Crippen LogP contribution in [0.4, 0.5) is 0 Å². The van der Waals surface area contributed by atoms with Crippen LogP contribution in [0.3, 0.4) is 0 Å². The lowest BCUT2D eigenvalue weighted by molar-refractivity contribution is 0.266. The summed E-state index contributed by atoms with van der Waals surface area (Å²) in [5.41, 5.74) is -0.233. The summed E-state index contributed by atoms with van der Waals surface area (Å²) in [5, 5.41) is 12.7. The number of aliphatic hydroxyl groups excluding tert-OH is 1. The zero-order chi connectivity index (χ0) is 8.32. The average molecular weight is 153 g/mol. The Morgan fingerprint density at radius 2 is 2.45 bits per heavy atom. The van der Waals surface area contributed by atoms with Crippen LogP contribution in [0, 0.1) is 0 Å². The maximum absolute atomic E-state index is 9.51. The molecule has 62 valence electrons. The number of likely N-dealkylation sites (N-methyl/N-ethyl adjacent to an activating group) is 1. The lowest BCUT2D eigenvalue weighted by Gasteiger charge is -2.30. The fraction of sp³-hybridized carbons (Fsp3) is 0.556. The van der Waals surface area contributed by atoms with Crippen molar-refractivity contribution in [2.24, 2.45) is 0 Å². The predicted molar refractivity (Wildman–Crippen MR) is 46.6 cm³/mol. The average Bonchev–Trinajstić information content (AvgIpc) is 1.96. The fourth-order valence-electron chi connectivity index (χ4n) is 1.30. The van der Waals surface area contributed by atoms with Crippen LogP contribution < -0.4 is 5.32 Å². The monoisotopic (exact) mass is 153 g/mol. The zero-order valence-corrected chi connectivity index (χ0v) is 7.09. The first-order chi connectivity index (χ1) is 5.19. The van der Waals surface area contributed by atoms with E-state index in [1.165, 1.54) is 0 Å². The van der Waals surface area contributed by atoms with E-state index in [0.29, 0.717) is 5.76 Å². The van der Waals surface area contributed by atoms with E-state index in [0.717, 1.165) is 13.0 Å². The number of nitrogens with one attached hydrogen (secondary N) is 1. The molecule has 0 saturated heterocycles. The van der Waals surface area contributed by atoms with E-state index in [1.807, 2.05) is 19.9 Å². The van der Waals surface area contributed by atoms with Crippen molar-refractivity contribution < 1.29 is 5.11 Å². The van der Waals surface area contributed by atoms with Crippen molar-refractivity contribution in [2.45, 2.75) is 25.8 Å². The van der Waals surface area contributed by atoms with E-state index < -0.39 is 0 Å². The molecule has 11 heavy (non-hydrogen) atoms. The number of aliphatic hydroxyl groups is 1. The van der Waals surface area contributed by atoms with Crippen LogP contribution in [0.5, 0.6) is 0 Å². The van der Waals surface area contributed by atoms with Crippen LogP contribution in [0.1, 0.15) is 20.3 Å². The first kappa shape index (κ1) is 8.34. The lowest BCUT2D eigenvalue weighted by Crippen LogP contribution is -2.44. The summed E-state index contributed by atoms with van der Waals surface area (Å²) in [6.45, 7) is 4.92. The van der Waals surface area contributed by atoms with E-state index in [1.54, 1.807) is 6.08 Å². The summed E-state index contributed by atoms with van der Waals surface area (Å²) in [6.07, 6.45) is 6.55. The Morgan fingerprint density at radius 3 is 3.00 bits per heavy atom. The number of rotatable bonds is 2. The number of hydrogen-bond donors (Lipinski definition) is 2. The molecule has 0 saturated carbocycles. The van der Waals surface area contributed by atoms with Crippen LogP contribution in [0.25, 0.3) is 0 Å². The number of allylic oxidation sites excluding steroid dienone is 2. The first-order valence-corrected chi connectivity index (χ1v) is 4.00. The van der Waals surface area contributed by atoms with Gasteiger partial charge in [-0.2, -0.15) is 0 Å². The van der Waals surface area contributed by atoms with E-state index in [2.05, 4.69) is 11.4 Å². The van der Waals surface area contributed by atoms with Crippen LogP contribution in [0.2, 0.25) is 0 Å². The van der Waals surface area contributed by atoms with Gasteiger partial charge in [-0.1, -0.05) is 19.1 Å². The van der Waals surface area contributed by atoms with Crippen LogP contribution >= 0.6 is 0 Å². The van der Waals surface area contributed by atoms with E-state index in [4.69, 9.17) is 0 Å².